The van der Waals surface area contributed by atoms with E-state index in [9.17, 15) is 4.79 Å². The van der Waals surface area contributed by atoms with E-state index < -0.39 is 5.91 Å². The first-order valence-electron chi connectivity index (χ1n) is 8.07. The number of aromatic nitrogens is 2. The minimum atomic E-state index is -0.390. The molecule has 134 valence electrons. The average Bonchev–Trinajstić information content (AvgIpc) is 3.09. The number of carbonyl (C=O) groups excluding carboxylic acids is 1. The SMILES string of the molecule is COc1cccc(OCC(=O)Nc2nnc(Cc3ccc(C)cc3)o2)c1. The molecular weight excluding hydrogens is 334 g/mol. The molecular formula is C19H19N3O4. The topological polar surface area (TPSA) is 86.5 Å². The number of anilines is 1. The van der Waals surface area contributed by atoms with Gasteiger partial charge in [-0.2, -0.15) is 0 Å². The molecule has 0 aliphatic rings. The summed E-state index contributed by atoms with van der Waals surface area (Å²) in [7, 11) is 1.57. The molecule has 26 heavy (non-hydrogen) atoms. The Hall–Kier alpha value is -3.35. The lowest BCUT2D eigenvalue weighted by Gasteiger charge is -2.06. The number of benzene rings is 2. The van der Waals surface area contributed by atoms with Crippen LogP contribution in [0.1, 0.15) is 17.0 Å². The second-order valence-corrected chi connectivity index (χ2v) is 5.68. The molecule has 7 heteroatoms. The summed E-state index contributed by atoms with van der Waals surface area (Å²) >= 11 is 0. The molecule has 0 spiro atoms. The maximum atomic E-state index is 12.0. The van der Waals surface area contributed by atoms with Gasteiger partial charge in [0.05, 0.1) is 13.5 Å². The van der Waals surface area contributed by atoms with Crippen molar-refractivity contribution in [2.75, 3.05) is 19.0 Å². The Morgan fingerprint density at radius 3 is 2.65 bits per heavy atom. The van der Waals surface area contributed by atoms with Gasteiger partial charge in [-0.15, -0.1) is 5.10 Å². The lowest BCUT2D eigenvalue weighted by atomic mass is 10.1. The standard InChI is InChI=1S/C19H19N3O4/c1-13-6-8-14(9-7-13)10-18-21-22-19(26-18)20-17(23)12-25-16-5-3-4-15(11-16)24-2/h3-9,11H,10,12H2,1-2H3,(H,20,22,23). The molecule has 0 radical (unpaired) electrons. The third-order valence-corrected chi connectivity index (χ3v) is 3.60. The van der Waals surface area contributed by atoms with Gasteiger partial charge in [0.2, 0.25) is 5.89 Å². The van der Waals surface area contributed by atoms with Crippen molar-refractivity contribution in [1.29, 1.82) is 0 Å². The summed E-state index contributed by atoms with van der Waals surface area (Å²) in [5.41, 5.74) is 2.24. The van der Waals surface area contributed by atoms with Crippen LogP contribution in [0, 0.1) is 6.92 Å². The third-order valence-electron chi connectivity index (χ3n) is 3.60. The molecule has 0 fully saturated rings. The van der Waals surface area contributed by atoms with Gasteiger partial charge in [-0.05, 0) is 24.6 Å². The Labute approximate surface area is 151 Å². The fourth-order valence-electron chi connectivity index (χ4n) is 2.25. The van der Waals surface area contributed by atoms with Crippen LogP contribution in [-0.4, -0.2) is 29.8 Å². The molecule has 7 nitrogen and oxygen atoms in total. The van der Waals surface area contributed by atoms with E-state index in [2.05, 4.69) is 15.5 Å². The summed E-state index contributed by atoms with van der Waals surface area (Å²) in [5.74, 6) is 1.22. The number of hydrogen-bond donors (Lipinski definition) is 1. The summed E-state index contributed by atoms with van der Waals surface area (Å²) < 4.78 is 16.0. The summed E-state index contributed by atoms with van der Waals surface area (Å²) in [5, 5.41) is 10.3. The smallest absolute Gasteiger partial charge is 0.322 e. The highest BCUT2D eigenvalue weighted by Gasteiger charge is 2.11. The Kier molecular flexibility index (Phi) is 5.48. The van der Waals surface area contributed by atoms with Crippen molar-refractivity contribution < 1.29 is 18.7 Å². The van der Waals surface area contributed by atoms with Crippen LogP contribution in [0.4, 0.5) is 6.01 Å². The molecule has 0 saturated carbocycles. The van der Waals surface area contributed by atoms with Gasteiger partial charge in [-0.3, -0.25) is 10.1 Å². The third kappa shape index (κ3) is 4.83. The van der Waals surface area contributed by atoms with Crippen LogP contribution in [0.25, 0.3) is 0 Å². The predicted octanol–water partition coefficient (Wildman–Crippen LogP) is 2.99. The lowest BCUT2D eigenvalue weighted by Crippen LogP contribution is -2.20. The van der Waals surface area contributed by atoms with Crippen molar-refractivity contribution in [2.45, 2.75) is 13.3 Å². The number of aryl methyl sites for hydroxylation is 1. The molecule has 0 atom stereocenters. The molecule has 0 aliphatic carbocycles. The second kappa shape index (κ2) is 8.15. The van der Waals surface area contributed by atoms with Gasteiger partial charge >= 0.3 is 6.01 Å². The monoisotopic (exact) mass is 353 g/mol. The van der Waals surface area contributed by atoms with E-state index in [0.29, 0.717) is 23.8 Å². The Bertz CT molecular complexity index is 875. The minimum Gasteiger partial charge on any atom is -0.497 e. The van der Waals surface area contributed by atoms with Crippen molar-refractivity contribution in [3.8, 4) is 11.5 Å². The zero-order valence-corrected chi connectivity index (χ0v) is 14.6. The molecule has 0 unspecified atom stereocenters. The van der Waals surface area contributed by atoms with E-state index >= 15 is 0 Å². The molecule has 2 aromatic carbocycles. The second-order valence-electron chi connectivity index (χ2n) is 5.68. The Morgan fingerprint density at radius 2 is 1.88 bits per heavy atom. The van der Waals surface area contributed by atoms with Gasteiger partial charge in [-0.1, -0.05) is 41.0 Å². The Balaban J connectivity index is 1.51. The highest BCUT2D eigenvalue weighted by atomic mass is 16.5. The van der Waals surface area contributed by atoms with Crippen LogP contribution in [0.15, 0.2) is 52.9 Å². The van der Waals surface area contributed by atoms with Crippen molar-refractivity contribution in [1.82, 2.24) is 10.2 Å². The number of nitrogens with zero attached hydrogens (tertiary/aromatic N) is 2. The zero-order valence-electron chi connectivity index (χ0n) is 14.6. The van der Waals surface area contributed by atoms with Crippen LogP contribution < -0.4 is 14.8 Å². The van der Waals surface area contributed by atoms with Gasteiger partial charge in [0.25, 0.3) is 5.91 Å². The van der Waals surface area contributed by atoms with Crippen LogP contribution in [0.2, 0.25) is 0 Å². The average molecular weight is 353 g/mol. The molecule has 1 heterocycles. The van der Waals surface area contributed by atoms with E-state index in [1.807, 2.05) is 31.2 Å². The molecule has 3 aromatic rings. The van der Waals surface area contributed by atoms with E-state index in [1.54, 1.807) is 31.4 Å². The normalized spacial score (nSPS) is 10.4. The summed E-state index contributed by atoms with van der Waals surface area (Å²) in [6.45, 7) is 1.85. The van der Waals surface area contributed by atoms with E-state index in [-0.39, 0.29) is 12.6 Å². The first kappa shape index (κ1) is 17.5. The fraction of sp³-hybridized carbons (Fsp3) is 0.211. The maximum absolute atomic E-state index is 12.0. The summed E-state index contributed by atoms with van der Waals surface area (Å²) in [6.07, 6.45) is 0.503. The predicted molar refractivity (Wildman–Crippen MR) is 95.4 cm³/mol. The van der Waals surface area contributed by atoms with Crippen LogP contribution in [0.5, 0.6) is 11.5 Å². The molecule has 0 aliphatic heterocycles. The first-order valence-corrected chi connectivity index (χ1v) is 8.07. The molecule has 1 N–H and O–H groups in total. The molecule has 0 bridgehead atoms. The van der Waals surface area contributed by atoms with E-state index in [4.69, 9.17) is 13.9 Å². The van der Waals surface area contributed by atoms with Crippen molar-refractivity contribution >= 4 is 11.9 Å². The van der Waals surface area contributed by atoms with Crippen molar-refractivity contribution in [3.05, 3.63) is 65.5 Å². The maximum Gasteiger partial charge on any atom is 0.322 e. The van der Waals surface area contributed by atoms with Gasteiger partial charge in [0.15, 0.2) is 6.61 Å². The number of hydrogen-bond acceptors (Lipinski definition) is 6. The highest BCUT2D eigenvalue weighted by Crippen LogP contribution is 2.19. The number of rotatable bonds is 7. The van der Waals surface area contributed by atoms with Gasteiger partial charge in [0, 0.05) is 6.07 Å². The van der Waals surface area contributed by atoms with Crippen molar-refractivity contribution in [2.24, 2.45) is 0 Å². The van der Waals surface area contributed by atoms with Gasteiger partial charge in [0.1, 0.15) is 11.5 Å². The number of nitrogens with one attached hydrogen (secondary N) is 1. The van der Waals surface area contributed by atoms with Gasteiger partial charge in [-0.25, -0.2) is 0 Å². The lowest BCUT2D eigenvalue weighted by molar-refractivity contribution is -0.118. The van der Waals surface area contributed by atoms with E-state index in [1.165, 1.54) is 5.56 Å². The van der Waals surface area contributed by atoms with E-state index in [0.717, 1.165) is 5.56 Å². The van der Waals surface area contributed by atoms with Crippen LogP contribution in [0.3, 0.4) is 0 Å². The number of methoxy groups -OCH3 is 1. The minimum absolute atomic E-state index is 0.0475. The molecule has 3 rings (SSSR count). The first-order chi connectivity index (χ1) is 12.6. The quantitative estimate of drug-likeness (QED) is 0.703. The Morgan fingerprint density at radius 1 is 1.12 bits per heavy atom. The zero-order chi connectivity index (χ0) is 18.4. The summed E-state index contributed by atoms with van der Waals surface area (Å²) in [6, 6.07) is 15.1. The molecule has 0 saturated heterocycles. The van der Waals surface area contributed by atoms with Crippen LogP contribution in [-0.2, 0) is 11.2 Å². The summed E-state index contributed by atoms with van der Waals surface area (Å²) in [4.78, 5) is 12.0. The highest BCUT2D eigenvalue weighted by molar-refractivity contribution is 5.89. The number of amides is 1. The number of carbonyl (C=O) groups is 1. The van der Waals surface area contributed by atoms with Crippen molar-refractivity contribution in [3.63, 3.8) is 0 Å². The molecule has 1 amide bonds. The van der Waals surface area contributed by atoms with Crippen LogP contribution >= 0.6 is 0 Å². The van der Waals surface area contributed by atoms with Gasteiger partial charge < -0.3 is 13.9 Å². The fourth-order valence-corrected chi connectivity index (χ4v) is 2.25. The largest absolute Gasteiger partial charge is 0.497 e. The number of ether oxygens (including phenoxy) is 2. The molecule has 1 aromatic heterocycles.